The summed E-state index contributed by atoms with van der Waals surface area (Å²) in [6.45, 7) is 3.80. The zero-order valence-corrected chi connectivity index (χ0v) is 8.60. The van der Waals surface area contributed by atoms with E-state index in [1.165, 1.54) is 4.90 Å². The standard InChI is InChI=1S/C8H17BN2O3/c1-8(2,10)7(12)11-5-3-4-6(11)9(13)14/h6,13-14H,3-5,10H2,1-2H3/t6-/m0/s1. The highest BCUT2D eigenvalue weighted by atomic mass is 16.4. The molecule has 0 bridgehead atoms. The summed E-state index contributed by atoms with van der Waals surface area (Å²) in [5.41, 5.74) is 4.72. The predicted molar refractivity (Wildman–Crippen MR) is 53.2 cm³/mol. The molecule has 0 radical (unpaired) electrons. The molecule has 0 spiro atoms. The van der Waals surface area contributed by atoms with Crippen LogP contribution in [-0.4, -0.2) is 46.0 Å². The number of nitrogens with zero attached hydrogens (tertiary/aromatic N) is 1. The molecule has 1 fully saturated rings. The first kappa shape index (κ1) is 11.5. The minimum absolute atomic E-state index is 0.229. The van der Waals surface area contributed by atoms with E-state index < -0.39 is 18.6 Å². The lowest BCUT2D eigenvalue weighted by atomic mass is 9.77. The fourth-order valence-corrected chi connectivity index (χ4v) is 1.72. The molecule has 1 rings (SSSR count). The minimum atomic E-state index is -1.47. The van der Waals surface area contributed by atoms with Gasteiger partial charge in [0.05, 0.1) is 11.5 Å². The summed E-state index contributed by atoms with van der Waals surface area (Å²) in [5, 5.41) is 18.1. The predicted octanol–water partition coefficient (Wildman–Crippen LogP) is -1.27. The molecule has 0 aromatic heterocycles. The third-order valence-corrected chi connectivity index (χ3v) is 2.46. The van der Waals surface area contributed by atoms with Gasteiger partial charge in [0, 0.05) is 6.54 Å². The lowest BCUT2D eigenvalue weighted by molar-refractivity contribution is -0.135. The topological polar surface area (TPSA) is 86.8 Å². The second-order valence-corrected chi connectivity index (χ2v) is 4.34. The molecule has 14 heavy (non-hydrogen) atoms. The molecule has 1 aliphatic heterocycles. The second-order valence-electron chi connectivity index (χ2n) is 4.34. The van der Waals surface area contributed by atoms with Crippen LogP contribution in [0.2, 0.25) is 0 Å². The molecule has 1 heterocycles. The van der Waals surface area contributed by atoms with Crippen molar-refractivity contribution in [2.24, 2.45) is 5.73 Å². The van der Waals surface area contributed by atoms with Crippen molar-refractivity contribution in [2.45, 2.75) is 38.2 Å². The minimum Gasteiger partial charge on any atom is -0.426 e. The van der Waals surface area contributed by atoms with E-state index in [4.69, 9.17) is 15.8 Å². The number of nitrogens with two attached hydrogens (primary N) is 1. The van der Waals surface area contributed by atoms with Crippen LogP contribution in [0.3, 0.4) is 0 Å². The van der Waals surface area contributed by atoms with Crippen molar-refractivity contribution in [1.82, 2.24) is 4.90 Å². The molecule has 0 aromatic carbocycles. The van der Waals surface area contributed by atoms with E-state index in [-0.39, 0.29) is 5.91 Å². The van der Waals surface area contributed by atoms with Crippen LogP contribution < -0.4 is 5.73 Å². The van der Waals surface area contributed by atoms with Gasteiger partial charge in [0.15, 0.2) is 0 Å². The lowest BCUT2D eigenvalue weighted by Crippen LogP contribution is -2.55. The van der Waals surface area contributed by atoms with Crippen molar-refractivity contribution >= 4 is 13.0 Å². The average molecular weight is 200 g/mol. The van der Waals surface area contributed by atoms with Crippen LogP contribution in [0.1, 0.15) is 26.7 Å². The number of carbonyl (C=O) groups excluding carboxylic acids is 1. The van der Waals surface area contributed by atoms with Gasteiger partial charge in [-0.2, -0.15) is 0 Å². The third kappa shape index (κ3) is 2.26. The largest absolute Gasteiger partial charge is 0.475 e. The maximum atomic E-state index is 11.8. The van der Waals surface area contributed by atoms with Crippen molar-refractivity contribution < 1.29 is 14.8 Å². The Morgan fingerprint density at radius 1 is 1.57 bits per heavy atom. The highest BCUT2D eigenvalue weighted by Gasteiger charge is 2.40. The Labute approximate surface area is 84.0 Å². The van der Waals surface area contributed by atoms with Crippen LogP contribution in [0.25, 0.3) is 0 Å². The summed E-state index contributed by atoms with van der Waals surface area (Å²) >= 11 is 0. The Morgan fingerprint density at radius 2 is 2.14 bits per heavy atom. The first-order chi connectivity index (χ1) is 6.34. The Hall–Kier alpha value is -0.585. The zero-order chi connectivity index (χ0) is 10.9. The monoisotopic (exact) mass is 200 g/mol. The van der Waals surface area contributed by atoms with E-state index in [9.17, 15) is 4.79 Å². The van der Waals surface area contributed by atoms with Gasteiger partial charge in [-0.25, -0.2) is 0 Å². The van der Waals surface area contributed by atoms with E-state index in [2.05, 4.69) is 0 Å². The highest BCUT2D eigenvalue weighted by Crippen LogP contribution is 2.20. The fraction of sp³-hybridized carbons (Fsp3) is 0.875. The van der Waals surface area contributed by atoms with Gasteiger partial charge in [-0.05, 0) is 26.7 Å². The van der Waals surface area contributed by atoms with Gasteiger partial charge in [-0.15, -0.1) is 0 Å². The van der Waals surface area contributed by atoms with E-state index in [0.717, 1.165) is 6.42 Å². The normalized spacial score (nSPS) is 22.6. The number of likely N-dealkylation sites (tertiary alicyclic amines) is 1. The van der Waals surface area contributed by atoms with Crippen molar-refractivity contribution in [3.8, 4) is 0 Å². The molecule has 6 heteroatoms. The van der Waals surface area contributed by atoms with Crippen LogP contribution in [0.15, 0.2) is 0 Å². The van der Waals surface area contributed by atoms with Crippen LogP contribution >= 0.6 is 0 Å². The Kier molecular flexibility index (Phi) is 3.19. The lowest BCUT2D eigenvalue weighted by Gasteiger charge is -2.30. The summed E-state index contributed by atoms with van der Waals surface area (Å²) in [7, 11) is -1.47. The molecule has 1 aliphatic rings. The van der Waals surface area contributed by atoms with Gasteiger partial charge >= 0.3 is 7.12 Å². The summed E-state index contributed by atoms with van der Waals surface area (Å²) in [5.74, 6) is -0.724. The molecular formula is C8H17BN2O3. The molecule has 5 nitrogen and oxygen atoms in total. The van der Waals surface area contributed by atoms with Crippen molar-refractivity contribution in [2.75, 3.05) is 6.54 Å². The first-order valence-corrected chi connectivity index (χ1v) is 4.80. The van der Waals surface area contributed by atoms with Gasteiger partial charge in [0.1, 0.15) is 0 Å². The van der Waals surface area contributed by atoms with Gasteiger partial charge in [0.2, 0.25) is 5.91 Å². The Balaban J connectivity index is 2.72. The van der Waals surface area contributed by atoms with Crippen molar-refractivity contribution in [3.05, 3.63) is 0 Å². The SMILES string of the molecule is CC(C)(N)C(=O)N1CCC[C@H]1B(O)O. The maximum Gasteiger partial charge on any atom is 0.475 e. The van der Waals surface area contributed by atoms with Crippen LogP contribution in [0.4, 0.5) is 0 Å². The van der Waals surface area contributed by atoms with Gasteiger partial charge in [0.25, 0.3) is 0 Å². The van der Waals surface area contributed by atoms with Crippen LogP contribution in [0.5, 0.6) is 0 Å². The smallest absolute Gasteiger partial charge is 0.426 e. The van der Waals surface area contributed by atoms with E-state index >= 15 is 0 Å². The third-order valence-electron chi connectivity index (χ3n) is 2.46. The number of rotatable bonds is 2. The fourth-order valence-electron chi connectivity index (χ4n) is 1.72. The van der Waals surface area contributed by atoms with E-state index in [1.54, 1.807) is 13.8 Å². The molecule has 0 saturated carbocycles. The summed E-state index contributed by atoms with van der Waals surface area (Å²) in [4.78, 5) is 13.2. The molecule has 0 aliphatic carbocycles. The Morgan fingerprint density at radius 3 is 2.57 bits per heavy atom. The molecule has 1 saturated heterocycles. The molecule has 1 amide bonds. The molecule has 0 unspecified atom stereocenters. The second kappa shape index (κ2) is 3.88. The van der Waals surface area contributed by atoms with Crippen LogP contribution in [-0.2, 0) is 4.79 Å². The molecular weight excluding hydrogens is 183 g/mol. The van der Waals surface area contributed by atoms with Gasteiger partial charge in [-0.1, -0.05) is 0 Å². The van der Waals surface area contributed by atoms with Crippen molar-refractivity contribution in [1.29, 1.82) is 0 Å². The van der Waals surface area contributed by atoms with Crippen molar-refractivity contribution in [3.63, 3.8) is 0 Å². The molecule has 4 N–H and O–H groups in total. The molecule has 1 atom stereocenters. The Bertz CT molecular complexity index is 227. The number of carbonyl (C=O) groups is 1. The summed E-state index contributed by atoms with van der Waals surface area (Å²) in [6.07, 6.45) is 1.42. The molecule has 80 valence electrons. The molecule has 0 aromatic rings. The van der Waals surface area contributed by atoms with Gasteiger partial charge < -0.3 is 20.7 Å². The number of hydrogen-bond acceptors (Lipinski definition) is 4. The van der Waals surface area contributed by atoms with Gasteiger partial charge in [-0.3, -0.25) is 4.79 Å². The van der Waals surface area contributed by atoms with E-state index in [0.29, 0.717) is 13.0 Å². The first-order valence-electron chi connectivity index (χ1n) is 4.80. The summed E-state index contributed by atoms with van der Waals surface area (Å²) < 4.78 is 0. The summed E-state index contributed by atoms with van der Waals surface area (Å²) in [6, 6.07) is 0. The highest BCUT2D eigenvalue weighted by molar-refractivity contribution is 6.43. The maximum absolute atomic E-state index is 11.8. The average Bonchev–Trinajstić information content (AvgIpc) is 2.48. The van der Waals surface area contributed by atoms with Crippen LogP contribution in [0, 0.1) is 0 Å². The number of hydrogen-bond donors (Lipinski definition) is 3. The quantitative estimate of drug-likeness (QED) is 0.485. The van der Waals surface area contributed by atoms with E-state index in [1.807, 2.05) is 0 Å². The zero-order valence-electron chi connectivity index (χ0n) is 8.60. The number of amides is 1.